The van der Waals surface area contributed by atoms with Crippen LogP contribution in [0.25, 0.3) is 16.6 Å². The fourth-order valence-electron chi connectivity index (χ4n) is 2.50. The van der Waals surface area contributed by atoms with Crippen LogP contribution in [-0.4, -0.2) is 21.6 Å². The lowest BCUT2D eigenvalue weighted by Crippen LogP contribution is -2.34. The molecule has 1 heterocycles. The zero-order valence-corrected chi connectivity index (χ0v) is 13.3. The molecule has 0 saturated carbocycles. The number of carbonyl (C=O) groups excluding carboxylic acids is 1. The third-order valence-corrected chi connectivity index (χ3v) is 3.51. The van der Waals surface area contributed by atoms with E-state index in [-0.39, 0.29) is 17.4 Å². The van der Waals surface area contributed by atoms with Crippen LogP contribution < -0.4 is 11.2 Å². The summed E-state index contributed by atoms with van der Waals surface area (Å²) < 4.78 is 6.16. The predicted octanol–water partition coefficient (Wildman–Crippen LogP) is 2.24. The Morgan fingerprint density at radius 2 is 1.71 bits per heavy atom. The van der Waals surface area contributed by atoms with Crippen molar-refractivity contribution in [3.05, 3.63) is 74.9 Å². The van der Waals surface area contributed by atoms with Crippen molar-refractivity contribution < 1.29 is 9.53 Å². The van der Waals surface area contributed by atoms with Gasteiger partial charge in [0.2, 0.25) is 0 Å². The van der Waals surface area contributed by atoms with E-state index < -0.39 is 17.2 Å². The van der Waals surface area contributed by atoms with Gasteiger partial charge in [0.05, 0.1) is 28.3 Å². The molecule has 3 rings (SSSR count). The maximum Gasteiger partial charge on any atom is 0.340 e. The third-order valence-electron chi connectivity index (χ3n) is 3.51. The second-order valence-electron chi connectivity index (χ2n) is 5.59. The molecular formula is C18H16N2O4. The van der Waals surface area contributed by atoms with Gasteiger partial charge in [0.15, 0.2) is 0 Å². The molecule has 1 aromatic heterocycles. The van der Waals surface area contributed by atoms with Gasteiger partial charge in [-0.1, -0.05) is 24.3 Å². The van der Waals surface area contributed by atoms with E-state index >= 15 is 0 Å². The van der Waals surface area contributed by atoms with E-state index in [0.717, 1.165) is 4.57 Å². The molecule has 122 valence electrons. The van der Waals surface area contributed by atoms with Crippen LogP contribution in [0, 0.1) is 0 Å². The SMILES string of the molecule is CC(C)OC(=O)c1ccccc1-n1c(=O)[nH]c2ccccc2c1=O. The summed E-state index contributed by atoms with van der Waals surface area (Å²) in [4.78, 5) is 40.1. The Morgan fingerprint density at radius 3 is 2.46 bits per heavy atom. The van der Waals surface area contributed by atoms with Crippen molar-refractivity contribution in [2.24, 2.45) is 0 Å². The molecule has 0 fully saturated rings. The Kier molecular flexibility index (Phi) is 4.04. The fraction of sp³-hybridized carbons (Fsp3) is 0.167. The lowest BCUT2D eigenvalue weighted by Gasteiger charge is -2.13. The molecule has 0 aliphatic heterocycles. The summed E-state index contributed by atoms with van der Waals surface area (Å²) in [5.41, 5.74) is -0.289. The van der Waals surface area contributed by atoms with Crippen LogP contribution in [-0.2, 0) is 4.74 Å². The van der Waals surface area contributed by atoms with Gasteiger partial charge in [-0.05, 0) is 38.1 Å². The quantitative estimate of drug-likeness (QED) is 0.749. The highest BCUT2D eigenvalue weighted by molar-refractivity contribution is 5.93. The maximum atomic E-state index is 12.7. The molecule has 0 bridgehead atoms. The molecule has 0 aliphatic carbocycles. The highest BCUT2D eigenvalue weighted by Crippen LogP contribution is 2.14. The van der Waals surface area contributed by atoms with Gasteiger partial charge < -0.3 is 9.72 Å². The summed E-state index contributed by atoms with van der Waals surface area (Å²) in [6, 6.07) is 13.1. The van der Waals surface area contributed by atoms with Crippen molar-refractivity contribution in [2.75, 3.05) is 0 Å². The lowest BCUT2D eigenvalue weighted by atomic mass is 10.1. The smallest absolute Gasteiger partial charge is 0.340 e. The average Bonchev–Trinajstić information content (AvgIpc) is 2.54. The van der Waals surface area contributed by atoms with Crippen molar-refractivity contribution in [2.45, 2.75) is 20.0 Å². The molecule has 6 nitrogen and oxygen atoms in total. The fourth-order valence-corrected chi connectivity index (χ4v) is 2.50. The Bertz CT molecular complexity index is 1030. The minimum absolute atomic E-state index is 0.161. The number of aromatic amines is 1. The van der Waals surface area contributed by atoms with Crippen LogP contribution in [0.1, 0.15) is 24.2 Å². The highest BCUT2D eigenvalue weighted by Gasteiger charge is 2.18. The van der Waals surface area contributed by atoms with Gasteiger partial charge in [-0.25, -0.2) is 14.2 Å². The lowest BCUT2D eigenvalue weighted by molar-refractivity contribution is 0.0378. The predicted molar refractivity (Wildman–Crippen MR) is 90.7 cm³/mol. The van der Waals surface area contributed by atoms with Crippen molar-refractivity contribution in [1.29, 1.82) is 0 Å². The topological polar surface area (TPSA) is 81.2 Å². The van der Waals surface area contributed by atoms with E-state index in [2.05, 4.69) is 4.98 Å². The summed E-state index contributed by atoms with van der Waals surface area (Å²) >= 11 is 0. The normalized spacial score (nSPS) is 11.0. The molecule has 0 unspecified atom stereocenters. The number of nitrogens with one attached hydrogen (secondary N) is 1. The average molecular weight is 324 g/mol. The van der Waals surface area contributed by atoms with Gasteiger partial charge in [0.1, 0.15) is 0 Å². The maximum absolute atomic E-state index is 12.7. The third kappa shape index (κ3) is 2.74. The summed E-state index contributed by atoms with van der Waals surface area (Å²) in [6.45, 7) is 3.46. The first-order chi connectivity index (χ1) is 11.5. The van der Waals surface area contributed by atoms with Gasteiger partial charge >= 0.3 is 11.7 Å². The molecule has 3 aromatic rings. The van der Waals surface area contributed by atoms with E-state index in [9.17, 15) is 14.4 Å². The monoisotopic (exact) mass is 324 g/mol. The van der Waals surface area contributed by atoms with Gasteiger partial charge in [0.25, 0.3) is 5.56 Å². The van der Waals surface area contributed by atoms with Crippen LogP contribution in [0.3, 0.4) is 0 Å². The minimum atomic E-state index is -0.608. The van der Waals surface area contributed by atoms with Crippen molar-refractivity contribution in [3.63, 3.8) is 0 Å². The number of hydrogen-bond acceptors (Lipinski definition) is 4. The molecule has 0 amide bonds. The van der Waals surface area contributed by atoms with Gasteiger partial charge in [0, 0.05) is 0 Å². The molecule has 24 heavy (non-hydrogen) atoms. The number of nitrogens with zero attached hydrogens (tertiary/aromatic N) is 1. The molecule has 0 spiro atoms. The van der Waals surface area contributed by atoms with Crippen molar-refractivity contribution in [1.82, 2.24) is 9.55 Å². The molecule has 1 N–H and O–H groups in total. The Labute approximate surface area is 137 Å². The van der Waals surface area contributed by atoms with Crippen LogP contribution in [0.2, 0.25) is 0 Å². The Hall–Kier alpha value is -3.15. The van der Waals surface area contributed by atoms with Gasteiger partial charge in [-0.3, -0.25) is 4.79 Å². The zero-order chi connectivity index (χ0) is 17.3. The van der Waals surface area contributed by atoms with E-state index in [1.165, 1.54) is 6.07 Å². The van der Waals surface area contributed by atoms with Crippen LogP contribution in [0.15, 0.2) is 58.1 Å². The van der Waals surface area contributed by atoms with Crippen molar-refractivity contribution >= 4 is 16.9 Å². The highest BCUT2D eigenvalue weighted by atomic mass is 16.5. The standard InChI is InChI=1S/C18H16N2O4/c1-11(2)24-17(22)13-8-4-6-10-15(13)20-16(21)12-7-3-5-9-14(12)19-18(20)23/h3-11H,1-2H3,(H,19,23). The van der Waals surface area contributed by atoms with Gasteiger partial charge in [-0.2, -0.15) is 0 Å². The molecule has 6 heteroatoms. The first-order valence-electron chi connectivity index (χ1n) is 7.53. The summed E-state index contributed by atoms with van der Waals surface area (Å²) in [7, 11) is 0. The molecular weight excluding hydrogens is 308 g/mol. The number of aromatic nitrogens is 2. The second-order valence-corrected chi connectivity index (χ2v) is 5.59. The molecule has 0 radical (unpaired) electrons. The van der Waals surface area contributed by atoms with E-state index in [4.69, 9.17) is 4.74 Å². The first-order valence-corrected chi connectivity index (χ1v) is 7.53. The number of para-hydroxylation sites is 2. The first kappa shape index (κ1) is 15.7. The largest absolute Gasteiger partial charge is 0.459 e. The second kappa shape index (κ2) is 6.16. The molecule has 2 aromatic carbocycles. The number of ether oxygens (including phenoxy) is 1. The van der Waals surface area contributed by atoms with Crippen molar-refractivity contribution in [3.8, 4) is 5.69 Å². The zero-order valence-electron chi connectivity index (χ0n) is 13.3. The summed E-state index contributed by atoms with van der Waals surface area (Å²) in [6.07, 6.45) is -0.308. The van der Waals surface area contributed by atoms with Gasteiger partial charge in [-0.15, -0.1) is 0 Å². The number of hydrogen-bond donors (Lipinski definition) is 1. The molecule has 0 saturated heterocycles. The number of H-pyrrole nitrogens is 1. The summed E-state index contributed by atoms with van der Waals surface area (Å²) in [5, 5.41) is 0.365. The van der Waals surface area contributed by atoms with E-state index in [0.29, 0.717) is 10.9 Å². The summed E-state index contributed by atoms with van der Waals surface area (Å²) in [5.74, 6) is -0.583. The Morgan fingerprint density at radius 1 is 1.04 bits per heavy atom. The number of esters is 1. The van der Waals surface area contributed by atoms with Crippen LogP contribution >= 0.6 is 0 Å². The Balaban J connectivity index is 2.28. The number of benzene rings is 2. The number of carbonyl (C=O) groups is 1. The number of rotatable bonds is 3. The van der Waals surface area contributed by atoms with Crippen LogP contribution in [0.4, 0.5) is 0 Å². The molecule has 0 aliphatic rings. The van der Waals surface area contributed by atoms with Crippen LogP contribution in [0.5, 0.6) is 0 Å². The molecule has 0 atom stereocenters. The van der Waals surface area contributed by atoms with E-state index in [1.54, 1.807) is 56.3 Å². The minimum Gasteiger partial charge on any atom is -0.459 e. The number of fused-ring (bicyclic) bond motifs is 1. The van der Waals surface area contributed by atoms with E-state index in [1.807, 2.05) is 0 Å².